The minimum atomic E-state index is -3.78. The fourth-order valence-corrected chi connectivity index (χ4v) is 4.13. The molecule has 1 aliphatic heterocycles. The molecule has 2 aromatic carbocycles. The molecule has 10 heteroatoms. The summed E-state index contributed by atoms with van der Waals surface area (Å²) in [5.41, 5.74) is 1.23. The molecule has 0 radical (unpaired) electrons. The van der Waals surface area contributed by atoms with E-state index in [-0.39, 0.29) is 29.7 Å². The number of imide groups is 1. The Morgan fingerprint density at radius 3 is 2.27 bits per heavy atom. The number of carbonyl (C=O) groups is 3. The van der Waals surface area contributed by atoms with E-state index in [9.17, 15) is 22.8 Å². The average Bonchev–Trinajstić information content (AvgIpc) is 2.96. The second kappa shape index (κ2) is 8.66. The number of primary sulfonamides is 1. The smallest absolute Gasteiger partial charge is 0.257 e. The molecule has 2 N–H and O–H groups in total. The topological polar surface area (TPSA) is 118 Å². The van der Waals surface area contributed by atoms with Crippen LogP contribution in [0.25, 0.3) is 0 Å². The summed E-state index contributed by atoms with van der Waals surface area (Å²) < 4.78 is 23.5. The van der Waals surface area contributed by atoms with Crippen LogP contribution in [0.1, 0.15) is 18.9 Å². The first-order valence-electron chi connectivity index (χ1n) is 9.09. The van der Waals surface area contributed by atoms with Crippen molar-refractivity contribution >= 4 is 49.4 Å². The summed E-state index contributed by atoms with van der Waals surface area (Å²) in [7, 11) is -3.78. The van der Waals surface area contributed by atoms with E-state index in [2.05, 4.69) is 15.9 Å². The van der Waals surface area contributed by atoms with Gasteiger partial charge in [-0.05, 0) is 48.4 Å². The van der Waals surface area contributed by atoms with Gasteiger partial charge in [-0.2, -0.15) is 0 Å². The van der Waals surface area contributed by atoms with Gasteiger partial charge in [-0.1, -0.05) is 28.1 Å². The number of nitrogens with zero attached hydrogens (tertiary/aromatic N) is 2. The molecule has 0 aliphatic carbocycles. The van der Waals surface area contributed by atoms with Crippen molar-refractivity contribution in [3.8, 4) is 0 Å². The molecule has 1 aliphatic rings. The Hall–Kier alpha value is -2.56. The zero-order valence-electron chi connectivity index (χ0n) is 16.1. The number of hydrogen-bond donors (Lipinski definition) is 1. The molecule has 0 bridgehead atoms. The number of nitrogens with two attached hydrogens (primary N) is 1. The van der Waals surface area contributed by atoms with Gasteiger partial charge in [0.25, 0.3) is 5.91 Å². The van der Waals surface area contributed by atoms with Crippen LogP contribution >= 0.6 is 15.9 Å². The molecule has 1 fully saturated rings. The number of sulfonamides is 1. The minimum Gasteiger partial charge on any atom is -0.330 e. The van der Waals surface area contributed by atoms with Gasteiger partial charge in [0, 0.05) is 17.9 Å². The van der Waals surface area contributed by atoms with Gasteiger partial charge >= 0.3 is 0 Å². The Bertz CT molecular complexity index is 1080. The van der Waals surface area contributed by atoms with E-state index in [0.29, 0.717) is 12.1 Å². The molecule has 1 atom stereocenters. The normalized spacial score (nSPS) is 16.8. The molecule has 3 amide bonds. The predicted molar refractivity (Wildman–Crippen MR) is 114 cm³/mol. The summed E-state index contributed by atoms with van der Waals surface area (Å²) >= 11 is 3.31. The van der Waals surface area contributed by atoms with Gasteiger partial charge in [0.1, 0.15) is 6.04 Å². The van der Waals surface area contributed by atoms with Crippen LogP contribution in [0.5, 0.6) is 0 Å². The highest BCUT2D eigenvalue weighted by Gasteiger charge is 2.43. The van der Waals surface area contributed by atoms with Crippen molar-refractivity contribution in [1.29, 1.82) is 0 Å². The Morgan fingerprint density at radius 1 is 1.13 bits per heavy atom. The van der Waals surface area contributed by atoms with Crippen molar-refractivity contribution in [2.75, 3.05) is 11.4 Å². The van der Waals surface area contributed by atoms with Crippen LogP contribution in [-0.4, -0.2) is 43.6 Å². The molecule has 0 spiro atoms. The van der Waals surface area contributed by atoms with Crippen molar-refractivity contribution in [1.82, 2.24) is 4.90 Å². The van der Waals surface area contributed by atoms with E-state index in [1.807, 2.05) is 0 Å². The van der Waals surface area contributed by atoms with E-state index < -0.39 is 22.0 Å². The molecule has 3 rings (SSSR count). The molecule has 30 heavy (non-hydrogen) atoms. The maximum Gasteiger partial charge on any atom is 0.257 e. The largest absolute Gasteiger partial charge is 0.330 e. The predicted octanol–water partition coefficient (Wildman–Crippen LogP) is 1.82. The summed E-state index contributed by atoms with van der Waals surface area (Å²) in [6.07, 6.45) is 0.305. The Morgan fingerprint density at radius 2 is 1.73 bits per heavy atom. The monoisotopic (exact) mass is 493 g/mol. The molecule has 0 aromatic heterocycles. The van der Waals surface area contributed by atoms with Crippen LogP contribution in [0.4, 0.5) is 5.69 Å². The van der Waals surface area contributed by atoms with Crippen LogP contribution in [0.2, 0.25) is 0 Å². The summed E-state index contributed by atoms with van der Waals surface area (Å²) in [5.74, 6) is -1.13. The highest BCUT2D eigenvalue weighted by atomic mass is 79.9. The molecule has 158 valence electrons. The second-order valence-electron chi connectivity index (χ2n) is 6.92. The van der Waals surface area contributed by atoms with Gasteiger partial charge in [-0.25, -0.2) is 18.5 Å². The van der Waals surface area contributed by atoms with Crippen LogP contribution < -0.4 is 10.0 Å². The van der Waals surface area contributed by atoms with Crippen molar-refractivity contribution in [3.63, 3.8) is 0 Å². The van der Waals surface area contributed by atoms with Crippen molar-refractivity contribution in [3.05, 3.63) is 58.6 Å². The molecule has 8 nitrogen and oxygen atoms in total. The molecule has 2 aromatic rings. The van der Waals surface area contributed by atoms with E-state index in [4.69, 9.17) is 5.14 Å². The Kier molecular flexibility index (Phi) is 6.39. The summed E-state index contributed by atoms with van der Waals surface area (Å²) in [4.78, 5) is 40.1. The molecular formula is C20H20BrN3O5S. The SMILES string of the molecule is CC(=O)N(CCc1ccc(S(N)(=O)=O)cc1)C1CC(=O)N(c2ccc(Br)cc2)C1=O. The van der Waals surface area contributed by atoms with Gasteiger partial charge in [0.05, 0.1) is 17.0 Å². The Labute approximate surface area is 182 Å². The van der Waals surface area contributed by atoms with Crippen LogP contribution in [0.15, 0.2) is 57.9 Å². The second-order valence-corrected chi connectivity index (χ2v) is 9.39. The summed E-state index contributed by atoms with van der Waals surface area (Å²) in [5, 5.41) is 5.09. The van der Waals surface area contributed by atoms with Crippen molar-refractivity contribution in [2.45, 2.75) is 30.7 Å². The number of anilines is 1. The highest BCUT2D eigenvalue weighted by molar-refractivity contribution is 9.10. The average molecular weight is 494 g/mol. The summed E-state index contributed by atoms with van der Waals surface area (Å²) in [6.45, 7) is 1.56. The number of rotatable bonds is 6. The van der Waals surface area contributed by atoms with Gasteiger partial charge in [0.15, 0.2) is 0 Å². The third-order valence-electron chi connectivity index (χ3n) is 4.88. The third-order valence-corrected chi connectivity index (χ3v) is 6.34. The number of hydrogen-bond acceptors (Lipinski definition) is 5. The lowest BCUT2D eigenvalue weighted by Gasteiger charge is -2.26. The van der Waals surface area contributed by atoms with Gasteiger partial charge in [-0.15, -0.1) is 0 Å². The van der Waals surface area contributed by atoms with Gasteiger partial charge in [0.2, 0.25) is 21.8 Å². The molecular weight excluding hydrogens is 474 g/mol. The first kappa shape index (κ1) is 22.1. The Balaban J connectivity index is 1.75. The standard InChI is InChI=1S/C20H20BrN3O5S/c1-13(25)23(11-10-14-2-8-17(9-3-14)30(22,28)29)18-12-19(26)24(20(18)27)16-6-4-15(21)5-7-16/h2-9,18H,10-12H2,1H3,(H2,22,28,29). The lowest BCUT2D eigenvalue weighted by atomic mass is 10.1. The fourth-order valence-electron chi connectivity index (χ4n) is 3.35. The third kappa shape index (κ3) is 4.77. The van der Waals surface area contributed by atoms with Crippen molar-refractivity contribution < 1.29 is 22.8 Å². The fraction of sp³-hybridized carbons (Fsp3) is 0.250. The molecule has 1 heterocycles. The first-order chi connectivity index (χ1) is 14.1. The van der Waals surface area contributed by atoms with Crippen LogP contribution in [0, 0.1) is 0 Å². The number of halogens is 1. The summed E-state index contributed by atoms with van der Waals surface area (Å²) in [6, 6.07) is 11.9. The van der Waals surface area contributed by atoms with Gasteiger partial charge in [-0.3, -0.25) is 14.4 Å². The number of benzene rings is 2. The lowest BCUT2D eigenvalue weighted by Crippen LogP contribution is -2.45. The lowest BCUT2D eigenvalue weighted by molar-refractivity contribution is -0.136. The van der Waals surface area contributed by atoms with Crippen LogP contribution in [0.3, 0.4) is 0 Å². The van der Waals surface area contributed by atoms with Crippen LogP contribution in [-0.2, 0) is 30.8 Å². The number of amides is 3. The zero-order chi connectivity index (χ0) is 22.1. The van der Waals surface area contributed by atoms with E-state index >= 15 is 0 Å². The van der Waals surface area contributed by atoms with Crippen molar-refractivity contribution in [2.24, 2.45) is 5.14 Å². The highest BCUT2D eigenvalue weighted by Crippen LogP contribution is 2.27. The quantitative estimate of drug-likeness (QED) is 0.615. The number of carbonyl (C=O) groups excluding carboxylic acids is 3. The molecule has 1 saturated heterocycles. The molecule has 1 unspecified atom stereocenters. The molecule has 0 saturated carbocycles. The minimum absolute atomic E-state index is 0.00335. The van der Waals surface area contributed by atoms with E-state index in [1.165, 1.54) is 24.0 Å². The van der Waals surface area contributed by atoms with E-state index in [0.717, 1.165) is 14.9 Å². The maximum atomic E-state index is 12.9. The van der Waals surface area contributed by atoms with E-state index in [1.54, 1.807) is 36.4 Å². The maximum absolute atomic E-state index is 12.9. The first-order valence-corrected chi connectivity index (χ1v) is 11.4. The zero-order valence-corrected chi connectivity index (χ0v) is 18.5. The van der Waals surface area contributed by atoms with Gasteiger partial charge < -0.3 is 4.90 Å².